The minimum absolute atomic E-state index is 0.538. The molecule has 0 amide bonds. The van der Waals surface area contributed by atoms with Gasteiger partial charge in [-0.1, -0.05) is 19.4 Å². The van der Waals surface area contributed by atoms with Gasteiger partial charge in [0.25, 0.3) is 0 Å². The van der Waals surface area contributed by atoms with Crippen LogP contribution in [0.1, 0.15) is 30.7 Å². The van der Waals surface area contributed by atoms with Crippen molar-refractivity contribution in [3.05, 3.63) is 22.4 Å². The molecule has 1 fully saturated rings. The third-order valence-corrected chi connectivity index (χ3v) is 4.37. The molecule has 0 saturated carbocycles. The lowest BCUT2D eigenvalue weighted by Crippen LogP contribution is -2.40. The van der Waals surface area contributed by atoms with Crippen LogP contribution in [0.5, 0.6) is 0 Å². The molecule has 1 aliphatic heterocycles. The van der Waals surface area contributed by atoms with E-state index < -0.39 is 0 Å². The summed E-state index contributed by atoms with van der Waals surface area (Å²) in [5.74, 6) is 0. The Morgan fingerprint density at radius 1 is 1.44 bits per heavy atom. The normalized spacial score (nSPS) is 18.9. The molecule has 3 nitrogen and oxygen atoms in total. The van der Waals surface area contributed by atoms with Gasteiger partial charge in [0, 0.05) is 37.1 Å². The molecular weight excluding hydrogens is 244 g/mol. The van der Waals surface area contributed by atoms with Crippen molar-refractivity contribution in [1.29, 1.82) is 0 Å². The van der Waals surface area contributed by atoms with Crippen LogP contribution >= 0.6 is 11.3 Å². The maximum absolute atomic E-state index is 5.36. The molecule has 2 heterocycles. The maximum Gasteiger partial charge on any atom is 0.0594 e. The van der Waals surface area contributed by atoms with Gasteiger partial charge in [-0.15, -0.1) is 11.3 Å². The van der Waals surface area contributed by atoms with Gasteiger partial charge in [0.05, 0.1) is 13.2 Å². The minimum atomic E-state index is 0.538. The number of ether oxygens (including phenoxy) is 1. The van der Waals surface area contributed by atoms with Crippen molar-refractivity contribution in [2.24, 2.45) is 0 Å². The Morgan fingerprint density at radius 3 is 2.94 bits per heavy atom. The molecule has 0 spiro atoms. The number of hydrogen-bond acceptors (Lipinski definition) is 4. The lowest BCUT2D eigenvalue weighted by molar-refractivity contribution is 0.0381. The summed E-state index contributed by atoms with van der Waals surface area (Å²) in [5.41, 5.74) is 0. The lowest BCUT2D eigenvalue weighted by atomic mass is 10.1. The summed E-state index contributed by atoms with van der Waals surface area (Å²) in [5, 5.41) is 5.87. The van der Waals surface area contributed by atoms with Gasteiger partial charge in [0.2, 0.25) is 0 Å². The molecule has 18 heavy (non-hydrogen) atoms. The fourth-order valence-corrected chi connectivity index (χ4v) is 3.18. The summed E-state index contributed by atoms with van der Waals surface area (Å²) >= 11 is 1.86. The zero-order valence-electron chi connectivity index (χ0n) is 11.2. The molecular formula is C14H24N2OS. The summed E-state index contributed by atoms with van der Waals surface area (Å²) in [4.78, 5) is 3.95. The number of thiophene rings is 1. The average molecular weight is 268 g/mol. The molecule has 0 aromatic carbocycles. The first-order chi connectivity index (χ1) is 8.90. The SMILES string of the molecule is CCCC(NCCN1CCOCC1)c1cccs1. The van der Waals surface area contributed by atoms with Crippen molar-refractivity contribution in [2.45, 2.75) is 25.8 Å². The van der Waals surface area contributed by atoms with Gasteiger partial charge in [-0.3, -0.25) is 4.90 Å². The van der Waals surface area contributed by atoms with Crippen LogP contribution in [0.4, 0.5) is 0 Å². The summed E-state index contributed by atoms with van der Waals surface area (Å²) in [6.07, 6.45) is 2.46. The molecule has 4 heteroatoms. The maximum atomic E-state index is 5.36. The van der Waals surface area contributed by atoms with E-state index in [0.717, 1.165) is 39.4 Å². The Morgan fingerprint density at radius 2 is 2.28 bits per heavy atom. The number of hydrogen-bond donors (Lipinski definition) is 1. The van der Waals surface area contributed by atoms with Crippen molar-refractivity contribution in [3.8, 4) is 0 Å². The molecule has 1 aliphatic rings. The number of nitrogens with one attached hydrogen (secondary N) is 1. The number of rotatable bonds is 7. The minimum Gasteiger partial charge on any atom is -0.379 e. The highest BCUT2D eigenvalue weighted by molar-refractivity contribution is 7.10. The third kappa shape index (κ3) is 4.35. The second kappa shape index (κ2) is 7.89. The van der Waals surface area contributed by atoms with Gasteiger partial charge in [0.15, 0.2) is 0 Å². The quantitative estimate of drug-likeness (QED) is 0.822. The van der Waals surface area contributed by atoms with Crippen LogP contribution < -0.4 is 5.32 Å². The van der Waals surface area contributed by atoms with Crippen LogP contribution in [0.15, 0.2) is 17.5 Å². The Kier molecular flexibility index (Phi) is 6.14. The summed E-state index contributed by atoms with van der Waals surface area (Å²) < 4.78 is 5.36. The highest BCUT2D eigenvalue weighted by Gasteiger charge is 2.13. The number of morpholine rings is 1. The van der Waals surface area contributed by atoms with Crippen LogP contribution in [0.2, 0.25) is 0 Å². The van der Waals surface area contributed by atoms with Crippen molar-refractivity contribution >= 4 is 11.3 Å². The van der Waals surface area contributed by atoms with Crippen molar-refractivity contribution < 1.29 is 4.74 Å². The summed E-state index contributed by atoms with van der Waals surface area (Å²) in [7, 11) is 0. The van der Waals surface area contributed by atoms with Crippen LogP contribution in [0, 0.1) is 0 Å². The first kappa shape index (κ1) is 14.0. The van der Waals surface area contributed by atoms with Gasteiger partial charge >= 0.3 is 0 Å². The fraction of sp³-hybridized carbons (Fsp3) is 0.714. The van der Waals surface area contributed by atoms with Crippen molar-refractivity contribution in [2.75, 3.05) is 39.4 Å². The van der Waals surface area contributed by atoms with E-state index in [1.165, 1.54) is 17.7 Å². The lowest BCUT2D eigenvalue weighted by Gasteiger charge is -2.27. The van der Waals surface area contributed by atoms with Crippen molar-refractivity contribution in [3.63, 3.8) is 0 Å². The summed E-state index contributed by atoms with van der Waals surface area (Å²) in [6.45, 7) is 8.41. The molecule has 102 valence electrons. The largest absolute Gasteiger partial charge is 0.379 e. The van der Waals surface area contributed by atoms with Crippen LogP contribution in [-0.4, -0.2) is 44.3 Å². The Hall–Kier alpha value is -0.420. The van der Waals surface area contributed by atoms with Crippen molar-refractivity contribution in [1.82, 2.24) is 10.2 Å². The van der Waals surface area contributed by atoms with Crippen LogP contribution in [0.3, 0.4) is 0 Å². The van der Waals surface area contributed by atoms with E-state index in [1.54, 1.807) is 0 Å². The van der Waals surface area contributed by atoms with Gasteiger partial charge in [-0.05, 0) is 17.9 Å². The Labute approximate surface area is 114 Å². The topological polar surface area (TPSA) is 24.5 Å². The third-order valence-electron chi connectivity index (χ3n) is 3.39. The second-order valence-electron chi connectivity index (χ2n) is 4.76. The molecule has 2 rings (SSSR count). The Balaban J connectivity index is 1.72. The predicted molar refractivity (Wildman–Crippen MR) is 77.2 cm³/mol. The average Bonchev–Trinajstić information content (AvgIpc) is 2.93. The van der Waals surface area contributed by atoms with Crippen LogP contribution in [0.25, 0.3) is 0 Å². The highest BCUT2D eigenvalue weighted by atomic mass is 32.1. The standard InChI is InChI=1S/C14H24N2OS/c1-2-4-13(14-5-3-12-18-14)15-6-7-16-8-10-17-11-9-16/h3,5,12-13,15H,2,4,6-11H2,1H3. The molecule has 1 unspecified atom stereocenters. The fourth-order valence-electron chi connectivity index (χ4n) is 2.34. The van der Waals surface area contributed by atoms with Gasteiger partial charge in [0.1, 0.15) is 0 Å². The van der Waals surface area contributed by atoms with Gasteiger partial charge in [-0.2, -0.15) is 0 Å². The molecule has 0 bridgehead atoms. The zero-order valence-corrected chi connectivity index (χ0v) is 12.0. The number of nitrogens with zero attached hydrogens (tertiary/aromatic N) is 1. The Bertz CT molecular complexity index is 310. The zero-order chi connectivity index (χ0) is 12.6. The van der Waals surface area contributed by atoms with E-state index in [1.807, 2.05) is 11.3 Å². The van der Waals surface area contributed by atoms with E-state index in [4.69, 9.17) is 4.74 Å². The smallest absolute Gasteiger partial charge is 0.0594 e. The first-order valence-corrected chi connectivity index (χ1v) is 7.85. The molecule has 0 aliphatic carbocycles. The molecule has 1 aromatic rings. The van der Waals surface area contributed by atoms with E-state index in [9.17, 15) is 0 Å². The van der Waals surface area contributed by atoms with E-state index in [-0.39, 0.29) is 0 Å². The first-order valence-electron chi connectivity index (χ1n) is 6.97. The molecule has 1 saturated heterocycles. The van der Waals surface area contributed by atoms with E-state index in [0.29, 0.717) is 6.04 Å². The monoisotopic (exact) mass is 268 g/mol. The predicted octanol–water partition coefficient (Wildman–Crippen LogP) is 2.51. The molecule has 1 atom stereocenters. The van der Waals surface area contributed by atoms with E-state index in [2.05, 4.69) is 34.7 Å². The highest BCUT2D eigenvalue weighted by Crippen LogP contribution is 2.22. The molecule has 0 radical (unpaired) electrons. The van der Waals surface area contributed by atoms with Gasteiger partial charge in [-0.25, -0.2) is 0 Å². The molecule has 1 N–H and O–H groups in total. The van der Waals surface area contributed by atoms with E-state index >= 15 is 0 Å². The van der Waals surface area contributed by atoms with Gasteiger partial charge < -0.3 is 10.1 Å². The van der Waals surface area contributed by atoms with Crippen LogP contribution in [-0.2, 0) is 4.74 Å². The summed E-state index contributed by atoms with van der Waals surface area (Å²) in [6, 6.07) is 4.93. The molecule has 1 aromatic heterocycles. The second-order valence-corrected chi connectivity index (χ2v) is 5.74.